The fourth-order valence-electron chi connectivity index (χ4n) is 3.50. The van der Waals surface area contributed by atoms with Crippen LogP contribution in [0.1, 0.15) is 17.9 Å². The Labute approximate surface area is 126 Å². The van der Waals surface area contributed by atoms with Crippen LogP contribution < -0.4 is 4.90 Å². The van der Waals surface area contributed by atoms with Crippen LogP contribution in [0.4, 0.5) is 15.3 Å². The number of hydrogen-bond donors (Lipinski definition) is 2. The summed E-state index contributed by atoms with van der Waals surface area (Å²) in [6.45, 7) is 0.682. The Bertz CT molecular complexity index is 608. The Morgan fingerprint density at radius 2 is 2.00 bits per heavy atom. The second-order valence-electron chi connectivity index (χ2n) is 5.26. The summed E-state index contributed by atoms with van der Waals surface area (Å²) in [7, 11) is 0. The van der Waals surface area contributed by atoms with Crippen LogP contribution in [-0.2, 0) is 0 Å². The van der Waals surface area contributed by atoms with Crippen LogP contribution in [0, 0.1) is 0 Å². The summed E-state index contributed by atoms with van der Waals surface area (Å²) in [5.74, 6) is -0.135. The first-order valence-electron chi connectivity index (χ1n) is 6.66. The molecule has 0 radical (unpaired) electrons. The van der Waals surface area contributed by atoms with Gasteiger partial charge in [0.1, 0.15) is 4.87 Å². The van der Waals surface area contributed by atoms with Gasteiger partial charge < -0.3 is 15.1 Å². The number of thioether (sulfide) groups is 1. The Balaban J connectivity index is 2.12. The molecular weight excluding hydrogens is 292 g/mol. The van der Waals surface area contributed by atoms with Gasteiger partial charge in [0.05, 0.1) is 5.69 Å². The highest BCUT2D eigenvalue weighted by Crippen LogP contribution is 2.56. The molecule has 0 saturated carbocycles. The van der Waals surface area contributed by atoms with Gasteiger partial charge in [0.25, 0.3) is 0 Å². The molecule has 2 aliphatic heterocycles. The highest BCUT2D eigenvalue weighted by Gasteiger charge is 2.56. The standard InChI is InChI=1S/C14H16N2O4S/c1-21-14-6-7-15(12(17)18)8-10(14)9-4-2-3-5-11(9)16(14)13(19)20/h2-5,10H,6-8H2,1H3,(H,17,18)(H,19,20). The van der Waals surface area contributed by atoms with Gasteiger partial charge in [0.15, 0.2) is 0 Å². The number of piperidine rings is 1. The molecule has 0 spiro atoms. The maximum absolute atomic E-state index is 11.8. The summed E-state index contributed by atoms with van der Waals surface area (Å²) in [5, 5.41) is 18.9. The van der Waals surface area contributed by atoms with E-state index in [4.69, 9.17) is 0 Å². The molecule has 112 valence electrons. The van der Waals surface area contributed by atoms with Gasteiger partial charge in [-0.2, -0.15) is 0 Å². The Morgan fingerprint density at radius 3 is 2.62 bits per heavy atom. The number of carboxylic acid groups (broad SMARTS) is 2. The van der Waals surface area contributed by atoms with E-state index in [-0.39, 0.29) is 5.92 Å². The topological polar surface area (TPSA) is 81.1 Å². The zero-order valence-electron chi connectivity index (χ0n) is 11.5. The molecule has 6 nitrogen and oxygen atoms in total. The Morgan fingerprint density at radius 1 is 1.29 bits per heavy atom. The normalized spacial score (nSPS) is 27.2. The zero-order chi connectivity index (χ0) is 15.2. The predicted molar refractivity (Wildman–Crippen MR) is 80.1 cm³/mol. The summed E-state index contributed by atoms with van der Waals surface area (Å²) in [6, 6.07) is 7.38. The van der Waals surface area contributed by atoms with Crippen LogP contribution >= 0.6 is 11.8 Å². The maximum Gasteiger partial charge on any atom is 0.413 e. The van der Waals surface area contributed by atoms with E-state index in [0.29, 0.717) is 25.2 Å². The molecule has 1 aromatic rings. The van der Waals surface area contributed by atoms with E-state index < -0.39 is 17.1 Å². The fourth-order valence-corrected chi connectivity index (χ4v) is 4.64. The van der Waals surface area contributed by atoms with Crippen molar-refractivity contribution in [3.8, 4) is 0 Å². The lowest BCUT2D eigenvalue weighted by Crippen LogP contribution is -2.57. The third-order valence-corrected chi connectivity index (χ3v) is 5.81. The highest BCUT2D eigenvalue weighted by molar-refractivity contribution is 8.00. The molecule has 21 heavy (non-hydrogen) atoms. The van der Waals surface area contributed by atoms with Gasteiger partial charge >= 0.3 is 12.2 Å². The van der Waals surface area contributed by atoms with Crippen LogP contribution in [0.25, 0.3) is 0 Å². The molecule has 2 N–H and O–H groups in total. The number of fused-ring (bicyclic) bond motifs is 3. The lowest BCUT2D eigenvalue weighted by Gasteiger charge is -2.45. The van der Waals surface area contributed by atoms with Crippen LogP contribution in [0.5, 0.6) is 0 Å². The van der Waals surface area contributed by atoms with E-state index in [1.807, 2.05) is 24.5 Å². The second kappa shape index (κ2) is 4.84. The average Bonchev–Trinajstić information content (AvgIpc) is 2.77. The summed E-state index contributed by atoms with van der Waals surface area (Å²) in [4.78, 5) is 25.2. The number of para-hydroxylation sites is 1. The first-order valence-corrected chi connectivity index (χ1v) is 7.89. The number of carbonyl (C=O) groups is 2. The summed E-state index contributed by atoms with van der Waals surface area (Å²) >= 11 is 1.50. The molecule has 3 rings (SSSR count). The van der Waals surface area contributed by atoms with Crippen molar-refractivity contribution in [1.82, 2.24) is 4.90 Å². The van der Waals surface area contributed by atoms with Crippen LogP contribution in [0.3, 0.4) is 0 Å². The molecule has 2 heterocycles. The largest absolute Gasteiger partial charge is 0.465 e. The molecule has 2 atom stereocenters. The lowest BCUT2D eigenvalue weighted by molar-refractivity contribution is 0.122. The molecule has 0 bridgehead atoms. The molecular formula is C14H16N2O4S. The van der Waals surface area contributed by atoms with E-state index >= 15 is 0 Å². The third kappa shape index (κ3) is 1.87. The quantitative estimate of drug-likeness (QED) is 0.833. The fraction of sp³-hybridized carbons (Fsp3) is 0.429. The van der Waals surface area contributed by atoms with E-state index in [2.05, 4.69) is 0 Å². The number of anilines is 1. The molecule has 1 saturated heterocycles. The molecule has 2 amide bonds. The minimum Gasteiger partial charge on any atom is -0.465 e. The van der Waals surface area contributed by atoms with Gasteiger partial charge in [-0.1, -0.05) is 18.2 Å². The highest BCUT2D eigenvalue weighted by atomic mass is 32.2. The number of rotatable bonds is 1. The predicted octanol–water partition coefficient (Wildman–Crippen LogP) is 2.71. The first kappa shape index (κ1) is 14.1. The number of hydrogen-bond acceptors (Lipinski definition) is 3. The van der Waals surface area contributed by atoms with Crippen LogP contribution in [0.2, 0.25) is 0 Å². The van der Waals surface area contributed by atoms with E-state index in [9.17, 15) is 19.8 Å². The molecule has 1 aromatic carbocycles. The van der Waals surface area contributed by atoms with Crippen LogP contribution in [-0.4, -0.2) is 51.5 Å². The minimum absolute atomic E-state index is 0.135. The van der Waals surface area contributed by atoms with Crippen molar-refractivity contribution in [1.29, 1.82) is 0 Å². The van der Waals surface area contributed by atoms with Gasteiger partial charge in [0.2, 0.25) is 0 Å². The number of nitrogens with zero attached hydrogens (tertiary/aromatic N) is 2. The zero-order valence-corrected chi connectivity index (χ0v) is 12.3. The van der Waals surface area contributed by atoms with Crippen molar-refractivity contribution in [3.63, 3.8) is 0 Å². The molecule has 7 heteroatoms. The monoisotopic (exact) mass is 308 g/mol. The van der Waals surface area contributed by atoms with Crippen molar-refractivity contribution >= 4 is 29.6 Å². The van der Waals surface area contributed by atoms with E-state index in [1.54, 1.807) is 6.07 Å². The van der Waals surface area contributed by atoms with E-state index in [0.717, 1.165) is 5.56 Å². The Hall–Kier alpha value is -1.89. The summed E-state index contributed by atoms with van der Waals surface area (Å²) in [5.41, 5.74) is 1.59. The van der Waals surface area contributed by atoms with E-state index in [1.165, 1.54) is 21.6 Å². The molecule has 1 fully saturated rings. The smallest absolute Gasteiger partial charge is 0.413 e. The molecule has 0 aromatic heterocycles. The maximum atomic E-state index is 11.8. The van der Waals surface area contributed by atoms with Crippen molar-refractivity contribution < 1.29 is 19.8 Å². The van der Waals surface area contributed by atoms with Gasteiger partial charge in [0, 0.05) is 19.0 Å². The van der Waals surface area contributed by atoms with Crippen LogP contribution in [0.15, 0.2) is 24.3 Å². The Kier molecular flexibility index (Phi) is 3.24. The third-order valence-electron chi connectivity index (χ3n) is 4.43. The minimum atomic E-state index is -0.983. The number of amides is 2. The molecule has 2 unspecified atom stereocenters. The van der Waals surface area contributed by atoms with Gasteiger partial charge in [-0.25, -0.2) is 9.59 Å². The van der Waals surface area contributed by atoms with Crippen molar-refractivity contribution in [2.75, 3.05) is 24.2 Å². The van der Waals surface area contributed by atoms with Gasteiger partial charge in [-0.05, 0) is 24.3 Å². The second-order valence-corrected chi connectivity index (χ2v) is 6.37. The molecule has 2 aliphatic rings. The van der Waals surface area contributed by atoms with Gasteiger partial charge in [-0.15, -0.1) is 11.8 Å². The summed E-state index contributed by atoms with van der Waals surface area (Å²) < 4.78 is 0. The SMILES string of the molecule is CSC12CCN(C(=O)O)CC1c1ccccc1N2C(=O)O. The van der Waals surface area contributed by atoms with Crippen molar-refractivity contribution in [3.05, 3.63) is 29.8 Å². The van der Waals surface area contributed by atoms with Gasteiger partial charge in [-0.3, -0.25) is 4.90 Å². The van der Waals surface area contributed by atoms with Crippen molar-refractivity contribution in [2.45, 2.75) is 17.2 Å². The average molecular weight is 308 g/mol. The number of likely N-dealkylation sites (tertiary alicyclic amines) is 1. The van der Waals surface area contributed by atoms with Crippen molar-refractivity contribution in [2.24, 2.45) is 0 Å². The summed E-state index contributed by atoms with van der Waals surface area (Å²) in [6.07, 6.45) is 0.455. The lowest BCUT2D eigenvalue weighted by atomic mass is 9.88. The first-order chi connectivity index (χ1) is 10.0. The number of benzene rings is 1. The molecule has 0 aliphatic carbocycles.